The fraction of sp³-hybridized carbons (Fsp3) is 0.556. The summed E-state index contributed by atoms with van der Waals surface area (Å²) >= 11 is 0. The van der Waals surface area contributed by atoms with Crippen LogP contribution in [0.15, 0.2) is 24.3 Å². The highest BCUT2D eigenvalue weighted by molar-refractivity contribution is 5.94. The molecule has 2 rings (SSSR count). The van der Waals surface area contributed by atoms with Gasteiger partial charge in [0, 0.05) is 38.9 Å². The van der Waals surface area contributed by atoms with Crippen molar-refractivity contribution in [3.8, 4) is 5.75 Å². The van der Waals surface area contributed by atoms with Gasteiger partial charge in [-0.05, 0) is 30.7 Å². The van der Waals surface area contributed by atoms with Crippen LogP contribution in [0.5, 0.6) is 5.75 Å². The largest absolute Gasteiger partial charge is 0.497 e. The fourth-order valence-corrected chi connectivity index (χ4v) is 2.68. The van der Waals surface area contributed by atoms with E-state index in [1.165, 1.54) is 0 Å². The van der Waals surface area contributed by atoms with Gasteiger partial charge in [0.05, 0.1) is 20.3 Å². The molecule has 1 aliphatic rings. The lowest BCUT2D eigenvalue weighted by atomic mass is 10.2. The maximum absolute atomic E-state index is 12.6. The van der Waals surface area contributed by atoms with Crippen molar-refractivity contribution >= 4 is 11.8 Å². The number of hydrogen-bond acceptors (Lipinski definition) is 5. The molecular weight excluding hydrogens is 324 g/mol. The van der Waals surface area contributed by atoms with E-state index in [4.69, 9.17) is 14.2 Å². The van der Waals surface area contributed by atoms with E-state index in [1.807, 2.05) is 0 Å². The van der Waals surface area contributed by atoms with Gasteiger partial charge in [0.25, 0.3) is 5.91 Å². The van der Waals surface area contributed by atoms with Crippen molar-refractivity contribution in [2.45, 2.75) is 6.42 Å². The van der Waals surface area contributed by atoms with Gasteiger partial charge in [-0.3, -0.25) is 9.59 Å². The predicted octanol–water partition coefficient (Wildman–Crippen LogP) is 1.03. The van der Waals surface area contributed by atoms with Crippen molar-refractivity contribution in [3.63, 3.8) is 0 Å². The SMILES string of the molecule is COCCOCC(=O)N1CCCN(C(=O)c2ccc(OC)cc2)CC1. The minimum Gasteiger partial charge on any atom is -0.497 e. The zero-order chi connectivity index (χ0) is 18.1. The lowest BCUT2D eigenvalue weighted by Gasteiger charge is -2.22. The first-order valence-corrected chi connectivity index (χ1v) is 8.43. The number of amides is 2. The predicted molar refractivity (Wildman–Crippen MR) is 92.8 cm³/mol. The molecule has 7 heteroatoms. The van der Waals surface area contributed by atoms with Gasteiger partial charge in [-0.25, -0.2) is 0 Å². The number of methoxy groups -OCH3 is 2. The Morgan fingerprint density at radius 3 is 2.32 bits per heavy atom. The summed E-state index contributed by atoms with van der Waals surface area (Å²) in [4.78, 5) is 28.3. The van der Waals surface area contributed by atoms with Gasteiger partial charge in [0.1, 0.15) is 12.4 Å². The summed E-state index contributed by atoms with van der Waals surface area (Å²) in [5.74, 6) is 0.654. The third-order valence-corrected chi connectivity index (χ3v) is 4.13. The Labute approximate surface area is 148 Å². The van der Waals surface area contributed by atoms with Crippen LogP contribution in [0.25, 0.3) is 0 Å². The molecule has 0 spiro atoms. The first-order chi connectivity index (χ1) is 12.2. The van der Waals surface area contributed by atoms with Crippen LogP contribution < -0.4 is 4.74 Å². The van der Waals surface area contributed by atoms with Crippen LogP contribution >= 0.6 is 0 Å². The van der Waals surface area contributed by atoms with E-state index in [-0.39, 0.29) is 18.4 Å². The summed E-state index contributed by atoms with van der Waals surface area (Å²) in [7, 11) is 3.19. The molecule has 0 N–H and O–H groups in total. The average Bonchev–Trinajstić information content (AvgIpc) is 2.91. The van der Waals surface area contributed by atoms with Crippen LogP contribution in [0, 0.1) is 0 Å². The van der Waals surface area contributed by atoms with Crippen molar-refractivity contribution in [2.75, 3.05) is 60.2 Å². The molecule has 0 saturated carbocycles. The lowest BCUT2D eigenvalue weighted by molar-refractivity contribution is -0.136. The molecule has 25 heavy (non-hydrogen) atoms. The molecule has 0 radical (unpaired) electrons. The Kier molecular flexibility index (Phi) is 7.69. The van der Waals surface area contributed by atoms with E-state index in [0.717, 1.165) is 12.2 Å². The second-order valence-corrected chi connectivity index (χ2v) is 5.80. The standard InChI is InChI=1S/C18H26N2O5/c1-23-12-13-25-14-17(21)19-8-3-9-20(11-10-19)18(22)15-4-6-16(24-2)7-5-15/h4-7H,3,8-14H2,1-2H3. The Balaban J connectivity index is 1.85. The number of carbonyl (C=O) groups excluding carboxylic acids is 2. The van der Waals surface area contributed by atoms with Crippen molar-refractivity contribution in [3.05, 3.63) is 29.8 Å². The normalized spacial score (nSPS) is 15.0. The van der Waals surface area contributed by atoms with Gasteiger partial charge < -0.3 is 24.0 Å². The van der Waals surface area contributed by atoms with E-state index < -0.39 is 0 Å². The van der Waals surface area contributed by atoms with Crippen LogP contribution in [0.4, 0.5) is 0 Å². The minimum absolute atomic E-state index is 0.0201. The second-order valence-electron chi connectivity index (χ2n) is 5.80. The van der Waals surface area contributed by atoms with E-state index in [9.17, 15) is 9.59 Å². The molecule has 0 unspecified atom stereocenters. The van der Waals surface area contributed by atoms with Gasteiger partial charge in [0.2, 0.25) is 5.91 Å². The molecular formula is C18H26N2O5. The molecule has 1 fully saturated rings. The minimum atomic E-state index is -0.0464. The van der Waals surface area contributed by atoms with E-state index in [1.54, 1.807) is 48.3 Å². The summed E-state index contributed by atoms with van der Waals surface area (Å²) in [5.41, 5.74) is 0.628. The molecule has 1 aromatic carbocycles. The molecule has 138 valence electrons. The zero-order valence-corrected chi connectivity index (χ0v) is 14.9. The number of carbonyl (C=O) groups is 2. The number of benzene rings is 1. The Morgan fingerprint density at radius 2 is 1.64 bits per heavy atom. The molecule has 1 aliphatic heterocycles. The molecule has 0 bridgehead atoms. The Morgan fingerprint density at radius 1 is 0.960 bits per heavy atom. The van der Waals surface area contributed by atoms with Crippen LogP contribution in [0.2, 0.25) is 0 Å². The fourth-order valence-electron chi connectivity index (χ4n) is 2.68. The molecule has 1 heterocycles. The Hall–Kier alpha value is -2.12. The smallest absolute Gasteiger partial charge is 0.253 e. The third kappa shape index (κ3) is 5.72. The first kappa shape index (κ1) is 19.2. The number of nitrogens with zero attached hydrogens (tertiary/aromatic N) is 2. The molecule has 2 amide bonds. The average molecular weight is 350 g/mol. The van der Waals surface area contributed by atoms with E-state index in [0.29, 0.717) is 45.0 Å². The van der Waals surface area contributed by atoms with Crippen molar-refractivity contribution in [1.29, 1.82) is 0 Å². The summed E-state index contributed by atoms with van der Waals surface area (Å²) in [6.45, 7) is 3.24. The van der Waals surface area contributed by atoms with E-state index >= 15 is 0 Å². The quantitative estimate of drug-likeness (QED) is 0.687. The van der Waals surface area contributed by atoms with Gasteiger partial charge in [-0.15, -0.1) is 0 Å². The second kappa shape index (κ2) is 10.0. The van der Waals surface area contributed by atoms with Crippen LogP contribution in [-0.2, 0) is 14.3 Å². The van der Waals surface area contributed by atoms with Gasteiger partial charge in [0.15, 0.2) is 0 Å². The summed E-state index contributed by atoms with van der Waals surface area (Å²) in [6.07, 6.45) is 0.756. The van der Waals surface area contributed by atoms with Crippen LogP contribution in [0.3, 0.4) is 0 Å². The molecule has 7 nitrogen and oxygen atoms in total. The van der Waals surface area contributed by atoms with Crippen LogP contribution in [0.1, 0.15) is 16.8 Å². The highest BCUT2D eigenvalue weighted by Crippen LogP contribution is 2.14. The lowest BCUT2D eigenvalue weighted by Crippen LogP contribution is -2.39. The maximum Gasteiger partial charge on any atom is 0.253 e. The number of ether oxygens (including phenoxy) is 3. The molecule has 1 saturated heterocycles. The highest BCUT2D eigenvalue weighted by Gasteiger charge is 2.22. The van der Waals surface area contributed by atoms with Crippen molar-refractivity contribution in [2.24, 2.45) is 0 Å². The van der Waals surface area contributed by atoms with Gasteiger partial charge in [-0.1, -0.05) is 0 Å². The molecule has 0 atom stereocenters. The Bertz CT molecular complexity index is 561. The monoisotopic (exact) mass is 350 g/mol. The zero-order valence-electron chi connectivity index (χ0n) is 14.9. The third-order valence-electron chi connectivity index (χ3n) is 4.13. The summed E-state index contributed by atoms with van der Waals surface area (Å²) in [5, 5.41) is 0. The van der Waals surface area contributed by atoms with Crippen LogP contribution in [-0.4, -0.2) is 81.8 Å². The van der Waals surface area contributed by atoms with Crippen molar-refractivity contribution in [1.82, 2.24) is 9.80 Å². The first-order valence-electron chi connectivity index (χ1n) is 8.43. The molecule has 0 aromatic heterocycles. The summed E-state index contributed by atoms with van der Waals surface area (Å²) < 4.78 is 15.3. The molecule has 1 aromatic rings. The number of hydrogen-bond donors (Lipinski definition) is 0. The van der Waals surface area contributed by atoms with E-state index in [2.05, 4.69) is 0 Å². The highest BCUT2D eigenvalue weighted by atomic mass is 16.5. The topological polar surface area (TPSA) is 68.3 Å². The summed E-state index contributed by atoms with van der Waals surface area (Å²) in [6, 6.07) is 7.08. The maximum atomic E-state index is 12.6. The van der Waals surface area contributed by atoms with Gasteiger partial charge in [-0.2, -0.15) is 0 Å². The number of rotatable bonds is 7. The van der Waals surface area contributed by atoms with Crippen molar-refractivity contribution < 1.29 is 23.8 Å². The molecule has 0 aliphatic carbocycles. The van der Waals surface area contributed by atoms with Gasteiger partial charge >= 0.3 is 0 Å².